The first-order valence-electron chi connectivity index (χ1n) is 11.3. The Morgan fingerprint density at radius 1 is 0.971 bits per heavy atom. The Hall–Kier alpha value is -4.46. The van der Waals surface area contributed by atoms with Gasteiger partial charge >= 0.3 is 0 Å². The summed E-state index contributed by atoms with van der Waals surface area (Å²) in [4.78, 5) is 12.8. The average Bonchev–Trinajstić information content (AvgIpc) is 3.50. The molecule has 4 heterocycles. The van der Waals surface area contributed by atoms with Crippen LogP contribution >= 0.6 is 0 Å². The van der Waals surface area contributed by atoms with Crippen molar-refractivity contribution < 1.29 is 9.26 Å². The lowest BCUT2D eigenvalue weighted by molar-refractivity contribution is 0.393. The van der Waals surface area contributed by atoms with Crippen molar-refractivity contribution >= 4 is 21.9 Å². The van der Waals surface area contributed by atoms with Crippen LogP contribution in [-0.4, -0.2) is 37.0 Å². The number of rotatable bonds is 4. The quantitative estimate of drug-likeness (QED) is 0.356. The van der Waals surface area contributed by atoms with E-state index in [1.54, 1.807) is 13.4 Å². The van der Waals surface area contributed by atoms with Gasteiger partial charge in [0, 0.05) is 40.3 Å². The van der Waals surface area contributed by atoms with Gasteiger partial charge in [-0.05, 0) is 32.9 Å². The number of methoxy groups -OCH3 is 1. The largest absolute Gasteiger partial charge is 0.496 e. The monoisotopic (exact) mass is 464 g/mol. The number of ether oxygens (including phenoxy) is 1. The number of hydrogen-bond donors (Lipinski definition) is 1. The molecule has 0 aliphatic heterocycles. The summed E-state index contributed by atoms with van der Waals surface area (Å²) in [5.74, 6) is 1.48. The van der Waals surface area contributed by atoms with Gasteiger partial charge in [0.2, 0.25) is 0 Å². The van der Waals surface area contributed by atoms with E-state index in [2.05, 4.69) is 40.2 Å². The predicted octanol–water partition coefficient (Wildman–Crippen LogP) is 5.77. The zero-order chi connectivity index (χ0) is 24.3. The minimum absolute atomic E-state index is 0.730. The fourth-order valence-electron chi connectivity index (χ4n) is 4.86. The fraction of sp³-hybridized carbons (Fsp3) is 0.185. The zero-order valence-corrected chi connectivity index (χ0v) is 20.2. The summed E-state index contributed by atoms with van der Waals surface area (Å²) in [6.45, 7) is 5.90. The van der Waals surface area contributed by atoms with Crippen molar-refractivity contribution in [1.29, 1.82) is 0 Å². The van der Waals surface area contributed by atoms with Crippen molar-refractivity contribution in [2.75, 3.05) is 7.11 Å². The molecule has 8 heteroatoms. The summed E-state index contributed by atoms with van der Waals surface area (Å²) in [6.07, 6.45) is 1.60. The normalized spacial score (nSPS) is 11.6. The third-order valence-electron chi connectivity index (χ3n) is 6.63. The van der Waals surface area contributed by atoms with Crippen LogP contribution in [0.1, 0.15) is 17.1 Å². The molecule has 174 valence electrons. The molecule has 0 aliphatic rings. The van der Waals surface area contributed by atoms with E-state index >= 15 is 0 Å². The second-order valence-electron chi connectivity index (χ2n) is 8.67. The Labute approximate surface area is 201 Å². The molecule has 0 spiro atoms. The number of nitrogens with one attached hydrogen (secondary N) is 1. The Bertz CT molecular complexity index is 1710. The molecule has 0 saturated heterocycles. The lowest BCUT2D eigenvalue weighted by Gasteiger charge is -2.10. The Morgan fingerprint density at radius 3 is 2.49 bits per heavy atom. The maximum absolute atomic E-state index is 5.83. The highest BCUT2D eigenvalue weighted by Crippen LogP contribution is 2.43. The number of hydrogen-bond acceptors (Lipinski definition) is 6. The molecule has 8 nitrogen and oxygen atoms in total. The minimum Gasteiger partial charge on any atom is -0.496 e. The van der Waals surface area contributed by atoms with Crippen molar-refractivity contribution in [2.45, 2.75) is 20.8 Å². The van der Waals surface area contributed by atoms with Crippen LogP contribution in [0, 0.1) is 20.8 Å². The summed E-state index contributed by atoms with van der Waals surface area (Å²) in [5, 5.41) is 10.9. The number of benzene rings is 2. The van der Waals surface area contributed by atoms with E-state index in [-0.39, 0.29) is 0 Å². The van der Waals surface area contributed by atoms with Crippen LogP contribution in [0.15, 0.2) is 53.3 Å². The van der Waals surface area contributed by atoms with Crippen LogP contribution in [0.2, 0.25) is 0 Å². The Balaban J connectivity index is 1.67. The number of H-pyrrole nitrogens is 1. The Morgan fingerprint density at radius 2 is 1.77 bits per heavy atom. The van der Waals surface area contributed by atoms with Gasteiger partial charge in [0.15, 0.2) is 0 Å². The molecule has 0 atom stereocenters. The maximum Gasteiger partial charge on any atom is 0.142 e. The molecule has 0 fully saturated rings. The van der Waals surface area contributed by atoms with E-state index < -0.39 is 0 Å². The first kappa shape index (κ1) is 21.1. The average molecular weight is 465 g/mol. The summed E-state index contributed by atoms with van der Waals surface area (Å²) >= 11 is 0. The van der Waals surface area contributed by atoms with Crippen molar-refractivity contribution in [1.82, 2.24) is 29.9 Å². The van der Waals surface area contributed by atoms with Gasteiger partial charge in [-0.25, -0.2) is 9.97 Å². The van der Waals surface area contributed by atoms with Gasteiger partial charge in [0.1, 0.15) is 29.2 Å². The second kappa shape index (κ2) is 7.80. The lowest BCUT2D eigenvalue weighted by Crippen LogP contribution is -1.94. The smallest absolute Gasteiger partial charge is 0.142 e. The van der Waals surface area contributed by atoms with E-state index in [0.29, 0.717) is 0 Å². The van der Waals surface area contributed by atoms with Crippen LogP contribution in [-0.2, 0) is 7.05 Å². The number of fused-ring (bicyclic) bond motifs is 3. The summed E-state index contributed by atoms with van der Waals surface area (Å²) in [5.41, 5.74) is 9.12. The van der Waals surface area contributed by atoms with Gasteiger partial charge in [0.25, 0.3) is 0 Å². The molecule has 6 aromatic rings. The molecule has 0 aliphatic carbocycles. The van der Waals surface area contributed by atoms with Gasteiger partial charge in [-0.3, -0.25) is 4.68 Å². The number of nitrogens with zero attached hydrogens (tertiary/aromatic N) is 5. The molecular weight excluding hydrogens is 440 g/mol. The molecule has 2 aromatic carbocycles. The van der Waals surface area contributed by atoms with Crippen LogP contribution < -0.4 is 4.74 Å². The highest BCUT2D eigenvalue weighted by atomic mass is 16.5. The molecular formula is C27H24N6O2. The van der Waals surface area contributed by atoms with E-state index in [1.807, 2.05) is 49.8 Å². The highest BCUT2D eigenvalue weighted by Gasteiger charge is 2.24. The van der Waals surface area contributed by atoms with Crippen LogP contribution in [0.25, 0.3) is 55.6 Å². The molecule has 0 saturated carbocycles. The minimum atomic E-state index is 0.730. The van der Waals surface area contributed by atoms with Crippen molar-refractivity contribution in [3.05, 3.63) is 65.9 Å². The SMILES string of the molecule is COc1cc2c(cc1-c1c(C)noc1C)[nH]c1ncnc(-c3c(-c4ccccc4)nn(C)c3C)c12. The van der Waals surface area contributed by atoms with Gasteiger partial charge in [-0.2, -0.15) is 5.10 Å². The van der Waals surface area contributed by atoms with Crippen molar-refractivity contribution in [3.63, 3.8) is 0 Å². The van der Waals surface area contributed by atoms with E-state index in [9.17, 15) is 0 Å². The molecule has 6 rings (SSSR count). The first-order chi connectivity index (χ1) is 17.0. The first-order valence-corrected chi connectivity index (χ1v) is 11.3. The van der Waals surface area contributed by atoms with Crippen molar-refractivity contribution in [3.8, 4) is 39.4 Å². The molecule has 0 amide bonds. The number of aryl methyl sites for hydroxylation is 3. The number of aromatic amines is 1. The lowest BCUT2D eigenvalue weighted by atomic mass is 9.98. The molecule has 1 N–H and O–H groups in total. The third kappa shape index (κ3) is 3.13. The molecule has 0 radical (unpaired) electrons. The summed E-state index contributed by atoms with van der Waals surface area (Å²) < 4.78 is 13.2. The standard InChI is InChI=1S/C27H24N6O2/c1-14-22(16(3)35-32-14)19-11-20-18(12-21(19)34-5)24-26(28-13-29-27(24)30-20)23-15(2)33(4)31-25(23)17-9-7-6-8-10-17/h6-13H,1-5H3,(H,28,29,30). The molecule has 4 aromatic heterocycles. The molecule has 0 bridgehead atoms. The van der Waals surface area contributed by atoms with E-state index in [4.69, 9.17) is 19.3 Å². The summed E-state index contributed by atoms with van der Waals surface area (Å²) in [6, 6.07) is 14.3. The van der Waals surface area contributed by atoms with Gasteiger partial charge in [-0.15, -0.1) is 0 Å². The fourth-order valence-corrected chi connectivity index (χ4v) is 4.86. The van der Waals surface area contributed by atoms with Crippen LogP contribution in [0.3, 0.4) is 0 Å². The van der Waals surface area contributed by atoms with Gasteiger partial charge in [0.05, 0.1) is 29.4 Å². The third-order valence-corrected chi connectivity index (χ3v) is 6.63. The van der Waals surface area contributed by atoms with Crippen LogP contribution in [0.4, 0.5) is 0 Å². The Kier molecular flexibility index (Phi) is 4.70. The van der Waals surface area contributed by atoms with E-state index in [0.717, 1.165) is 78.5 Å². The van der Waals surface area contributed by atoms with E-state index in [1.165, 1.54) is 0 Å². The zero-order valence-electron chi connectivity index (χ0n) is 20.2. The molecule has 0 unspecified atom stereocenters. The number of aromatic nitrogens is 6. The second-order valence-corrected chi connectivity index (χ2v) is 8.67. The van der Waals surface area contributed by atoms with Gasteiger partial charge in [-0.1, -0.05) is 35.5 Å². The molecule has 35 heavy (non-hydrogen) atoms. The maximum atomic E-state index is 5.83. The highest BCUT2D eigenvalue weighted by molar-refractivity contribution is 6.14. The van der Waals surface area contributed by atoms with Crippen LogP contribution in [0.5, 0.6) is 5.75 Å². The van der Waals surface area contributed by atoms with Gasteiger partial charge < -0.3 is 14.2 Å². The van der Waals surface area contributed by atoms with Crippen molar-refractivity contribution in [2.24, 2.45) is 7.05 Å². The predicted molar refractivity (Wildman–Crippen MR) is 135 cm³/mol. The summed E-state index contributed by atoms with van der Waals surface area (Å²) in [7, 11) is 3.63. The topological polar surface area (TPSA) is 94.7 Å².